The van der Waals surface area contributed by atoms with Crippen molar-refractivity contribution in [2.24, 2.45) is 24.3 Å². The number of benzene rings is 1. The van der Waals surface area contributed by atoms with Crippen molar-refractivity contribution in [1.82, 2.24) is 4.57 Å². The van der Waals surface area contributed by atoms with E-state index in [4.69, 9.17) is 4.55 Å². The number of nitrogens with zero attached hydrogens (tertiary/aromatic N) is 4. The van der Waals surface area contributed by atoms with E-state index >= 15 is 0 Å². The van der Waals surface area contributed by atoms with Gasteiger partial charge in [0.25, 0.3) is 5.03 Å². The maximum Gasteiger partial charge on any atom is 0.422 e. The minimum Gasteiger partial charge on any atom is -0.280 e. The van der Waals surface area contributed by atoms with Crippen LogP contribution in [-0.4, -0.2) is 17.5 Å². The number of halogens is 1. The van der Waals surface area contributed by atoms with Crippen molar-refractivity contribution >= 4 is 21.8 Å². The SMILES string of the molecule is Cn1c(S(=O)(=O)O)c[n+](C)c1N=Nc1ccccc1F. The second-order valence-electron chi connectivity index (χ2n) is 4.06. The predicted molar refractivity (Wildman–Crippen MR) is 67.0 cm³/mol. The van der Waals surface area contributed by atoms with Gasteiger partial charge >= 0.3 is 16.1 Å². The van der Waals surface area contributed by atoms with Crippen LogP contribution >= 0.6 is 0 Å². The second kappa shape index (κ2) is 5.10. The summed E-state index contributed by atoms with van der Waals surface area (Å²) in [7, 11) is -1.43. The van der Waals surface area contributed by atoms with Gasteiger partial charge in [-0.3, -0.25) is 4.55 Å². The van der Waals surface area contributed by atoms with Gasteiger partial charge in [-0.25, -0.2) is 13.5 Å². The van der Waals surface area contributed by atoms with E-state index in [1.165, 1.54) is 43.1 Å². The third-order valence-electron chi connectivity index (χ3n) is 2.61. The number of rotatable bonds is 3. The van der Waals surface area contributed by atoms with Crippen LogP contribution in [0.5, 0.6) is 0 Å². The first-order chi connectivity index (χ1) is 9.30. The summed E-state index contributed by atoms with van der Waals surface area (Å²) in [6.07, 6.45) is 1.19. The zero-order valence-corrected chi connectivity index (χ0v) is 11.5. The molecule has 0 aliphatic heterocycles. The molecular formula is C11H12FN4O3S+. The maximum absolute atomic E-state index is 13.4. The fourth-order valence-electron chi connectivity index (χ4n) is 1.65. The Balaban J connectivity index is 2.46. The van der Waals surface area contributed by atoms with Crippen molar-refractivity contribution in [3.8, 4) is 0 Å². The van der Waals surface area contributed by atoms with Crippen LogP contribution < -0.4 is 4.57 Å². The summed E-state index contributed by atoms with van der Waals surface area (Å²) in [6.45, 7) is 0. The molecule has 0 aliphatic carbocycles. The van der Waals surface area contributed by atoms with Crippen molar-refractivity contribution < 1.29 is 21.9 Å². The molecule has 0 saturated heterocycles. The third-order valence-corrected chi connectivity index (χ3v) is 3.52. The molecule has 20 heavy (non-hydrogen) atoms. The van der Waals surface area contributed by atoms with Crippen LogP contribution in [0.1, 0.15) is 0 Å². The first-order valence-corrected chi connectivity index (χ1v) is 6.94. The lowest BCUT2D eigenvalue weighted by molar-refractivity contribution is -0.658. The van der Waals surface area contributed by atoms with Crippen molar-refractivity contribution in [3.05, 3.63) is 36.3 Å². The highest BCUT2D eigenvalue weighted by Crippen LogP contribution is 2.20. The number of aromatic nitrogens is 2. The quantitative estimate of drug-likeness (QED) is 0.531. The van der Waals surface area contributed by atoms with E-state index in [0.29, 0.717) is 0 Å². The Labute approximate surface area is 114 Å². The average molecular weight is 299 g/mol. The first-order valence-electron chi connectivity index (χ1n) is 5.50. The largest absolute Gasteiger partial charge is 0.422 e. The Hall–Kier alpha value is -2.13. The van der Waals surface area contributed by atoms with E-state index < -0.39 is 15.9 Å². The second-order valence-corrected chi connectivity index (χ2v) is 5.43. The lowest BCUT2D eigenvalue weighted by Crippen LogP contribution is -2.25. The van der Waals surface area contributed by atoms with Gasteiger partial charge in [-0.1, -0.05) is 17.2 Å². The highest BCUT2D eigenvalue weighted by Gasteiger charge is 2.26. The Kier molecular flexibility index (Phi) is 3.64. The summed E-state index contributed by atoms with van der Waals surface area (Å²) in [5.41, 5.74) is 0.0297. The van der Waals surface area contributed by atoms with Crippen LogP contribution in [-0.2, 0) is 24.2 Å². The highest BCUT2D eigenvalue weighted by atomic mass is 32.2. The van der Waals surface area contributed by atoms with Gasteiger partial charge in [-0.15, -0.1) is 0 Å². The third kappa shape index (κ3) is 2.73. The van der Waals surface area contributed by atoms with E-state index in [1.807, 2.05) is 0 Å². The van der Waals surface area contributed by atoms with Gasteiger partial charge in [0.05, 0.1) is 14.1 Å². The lowest BCUT2D eigenvalue weighted by Gasteiger charge is -1.93. The standard InChI is InChI=1S/C11H11FN4O3S/c1-15-7-10(20(17,18)19)16(2)11(15)14-13-9-6-4-3-5-8(9)12/h3-7H,1-2H3/p+1. The van der Waals surface area contributed by atoms with E-state index in [9.17, 15) is 12.8 Å². The summed E-state index contributed by atoms with van der Waals surface area (Å²) in [4.78, 5) is 0. The van der Waals surface area contributed by atoms with E-state index in [1.54, 1.807) is 6.07 Å². The van der Waals surface area contributed by atoms with Crippen LogP contribution in [0.2, 0.25) is 0 Å². The minimum absolute atomic E-state index is 0.0297. The molecule has 0 aliphatic rings. The molecule has 0 radical (unpaired) electrons. The molecule has 0 amide bonds. The van der Waals surface area contributed by atoms with Gasteiger partial charge in [0.1, 0.15) is 11.9 Å². The van der Waals surface area contributed by atoms with E-state index in [0.717, 1.165) is 4.57 Å². The summed E-state index contributed by atoms with van der Waals surface area (Å²) < 4.78 is 47.2. The van der Waals surface area contributed by atoms with Crippen molar-refractivity contribution in [3.63, 3.8) is 0 Å². The van der Waals surface area contributed by atoms with Gasteiger partial charge < -0.3 is 0 Å². The van der Waals surface area contributed by atoms with Crippen molar-refractivity contribution in [2.75, 3.05) is 0 Å². The summed E-state index contributed by atoms with van der Waals surface area (Å²) >= 11 is 0. The fourth-order valence-corrected chi connectivity index (χ4v) is 2.37. The average Bonchev–Trinajstić information content (AvgIpc) is 2.64. The normalized spacial score (nSPS) is 12.2. The number of aryl methyl sites for hydroxylation is 1. The van der Waals surface area contributed by atoms with Crippen LogP contribution in [0.4, 0.5) is 16.0 Å². The Morgan fingerprint density at radius 3 is 2.50 bits per heavy atom. The highest BCUT2D eigenvalue weighted by molar-refractivity contribution is 7.85. The maximum atomic E-state index is 13.4. The lowest BCUT2D eigenvalue weighted by atomic mass is 10.3. The van der Waals surface area contributed by atoms with Crippen LogP contribution in [0, 0.1) is 5.82 Å². The van der Waals surface area contributed by atoms with Gasteiger partial charge in [-0.2, -0.15) is 8.42 Å². The van der Waals surface area contributed by atoms with Crippen molar-refractivity contribution in [1.29, 1.82) is 0 Å². The molecule has 2 rings (SSSR count). The number of hydrogen-bond acceptors (Lipinski definition) is 4. The molecule has 9 heteroatoms. The Bertz CT molecular complexity index is 783. The molecule has 2 aromatic rings. The summed E-state index contributed by atoms with van der Waals surface area (Å²) in [5, 5.41) is 7.20. The minimum atomic E-state index is -4.36. The summed E-state index contributed by atoms with van der Waals surface area (Å²) in [6, 6.07) is 5.80. The van der Waals surface area contributed by atoms with Gasteiger partial charge in [0, 0.05) is 5.11 Å². The summed E-state index contributed by atoms with van der Waals surface area (Å²) in [5.74, 6) is -0.399. The zero-order chi connectivity index (χ0) is 14.9. The Morgan fingerprint density at radius 2 is 1.95 bits per heavy atom. The van der Waals surface area contributed by atoms with Crippen molar-refractivity contribution in [2.45, 2.75) is 5.03 Å². The zero-order valence-electron chi connectivity index (χ0n) is 10.7. The molecule has 1 N–H and O–H groups in total. The number of azo groups is 1. The number of imidazole rings is 1. The molecular weight excluding hydrogens is 287 g/mol. The molecule has 0 atom stereocenters. The molecule has 1 aromatic carbocycles. The smallest absolute Gasteiger partial charge is 0.280 e. The first kappa shape index (κ1) is 14.3. The Morgan fingerprint density at radius 1 is 1.30 bits per heavy atom. The topological polar surface area (TPSA) is 87.9 Å². The molecule has 7 nitrogen and oxygen atoms in total. The van der Waals surface area contributed by atoms with Gasteiger partial charge in [-0.05, 0) is 12.1 Å². The number of hydrogen-bond donors (Lipinski definition) is 1. The van der Waals surface area contributed by atoms with Crippen LogP contribution in [0.15, 0.2) is 45.7 Å². The fraction of sp³-hybridized carbons (Fsp3) is 0.182. The molecule has 0 unspecified atom stereocenters. The molecule has 106 valence electrons. The van der Waals surface area contributed by atoms with Gasteiger partial charge in [0.2, 0.25) is 0 Å². The van der Waals surface area contributed by atoms with E-state index in [-0.39, 0.29) is 16.7 Å². The molecule has 0 bridgehead atoms. The molecule has 0 saturated carbocycles. The predicted octanol–water partition coefficient (Wildman–Crippen LogP) is 1.65. The monoisotopic (exact) mass is 299 g/mol. The molecule has 0 fully saturated rings. The molecule has 0 spiro atoms. The van der Waals surface area contributed by atoms with Crippen LogP contribution in [0.25, 0.3) is 0 Å². The molecule has 1 aromatic heterocycles. The molecule has 1 heterocycles. The van der Waals surface area contributed by atoms with E-state index in [2.05, 4.69) is 10.2 Å². The van der Waals surface area contributed by atoms with Gasteiger partial charge in [0.15, 0.2) is 5.82 Å². The van der Waals surface area contributed by atoms with Crippen LogP contribution in [0.3, 0.4) is 0 Å².